The molecule has 1 fully saturated rings. The van der Waals surface area contributed by atoms with Crippen molar-refractivity contribution in [1.29, 1.82) is 0 Å². The van der Waals surface area contributed by atoms with Gasteiger partial charge in [0.2, 0.25) is 0 Å². The minimum absolute atomic E-state index is 0.495. The molecule has 2 unspecified atom stereocenters. The summed E-state index contributed by atoms with van der Waals surface area (Å²) in [5.41, 5.74) is 1.11. The maximum atomic E-state index is 5.31. The lowest BCUT2D eigenvalue weighted by Gasteiger charge is -2.25. The highest BCUT2D eigenvalue weighted by molar-refractivity contribution is 8.06. The molecule has 1 aromatic heterocycles. The summed E-state index contributed by atoms with van der Waals surface area (Å²) in [6, 6.07) is 0.495. The highest BCUT2D eigenvalue weighted by Crippen LogP contribution is 2.44. The van der Waals surface area contributed by atoms with Crippen LogP contribution in [0.25, 0.3) is 0 Å². The smallest absolute Gasteiger partial charge is 0.107 e. The van der Waals surface area contributed by atoms with Crippen molar-refractivity contribution in [2.45, 2.75) is 50.5 Å². The van der Waals surface area contributed by atoms with Crippen molar-refractivity contribution in [2.75, 3.05) is 18.6 Å². The summed E-state index contributed by atoms with van der Waals surface area (Å²) in [4.78, 5) is 6.20. The van der Waals surface area contributed by atoms with Gasteiger partial charge in [-0.1, -0.05) is 20.8 Å². The normalized spacial score (nSPS) is 23.4. The van der Waals surface area contributed by atoms with Gasteiger partial charge in [0.25, 0.3) is 0 Å². The molecule has 2 atom stereocenters. The lowest BCUT2D eigenvalue weighted by molar-refractivity contribution is 0.181. The molecule has 0 amide bonds. The largest absolute Gasteiger partial charge is 0.378 e. The lowest BCUT2D eigenvalue weighted by Crippen LogP contribution is -2.21. The third-order valence-electron chi connectivity index (χ3n) is 3.18. The van der Waals surface area contributed by atoms with Crippen LogP contribution in [0.2, 0.25) is 0 Å². The minimum Gasteiger partial charge on any atom is -0.378 e. The Morgan fingerprint density at radius 1 is 1.35 bits per heavy atom. The predicted molar refractivity (Wildman–Crippen MR) is 91.9 cm³/mol. The van der Waals surface area contributed by atoms with Crippen LogP contribution in [0.3, 0.4) is 0 Å². The highest BCUT2D eigenvalue weighted by Gasteiger charge is 2.28. The fourth-order valence-electron chi connectivity index (χ4n) is 2.11. The molecule has 3 nitrogen and oxygen atoms in total. The third-order valence-corrected chi connectivity index (χ3v) is 7.61. The van der Waals surface area contributed by atoms with Crippen LogP contribution in [0.15, 0.2) is 0 Å². The van der Waals surface area contributed by atoms with Gasteiger partial charge in [-0.05, 0) is 0 Å². The zero-order valence-electron chi connectivity index (χ0n) is 12.6. The number of nitrogens with one attached hydrogen (secondary N) is 1. The predicted octanol–water partition coefficient (Wildman–Crippen LogP) is 3.70. The first-order valence-corrected chi connectivity index (χ1v) is 9.97. The van der Waals surface area contributed by atoms with Gasteiger partial charge in [-0.2, -0.15) is 11.8 Å². The fraction of sp³-hybridized carbons (Fsp3) is 0.786. The van der Waals surface area contributed by atoms with Crippen LogP contribution in [0.5, 0.6) is 0 Å². The molecule has 1 saturated heterocycles. The number of ether oxygens (including phenoxy) is 1. The van der Waals surface area contributed by atoms with Crippen LogP contribution < -0.4 is 5.32 Å². The van der Waals surface area contributed by atoms with E-state index >= 15 is 0 Å². The van der Waals surface area contributed by atoms with Crippen LogP contribution in [0, 0.1) is 0 Å². The molecular weight excluding hydrogens is 308 g/mol. The molecule has 0 aromatic carbocycles. The Morgan fingerprint density at radius 2 is 2.10 bits per heavy atom. The van der Waals surface area contributed by atoms with Crippen molar-refractivity contribution in [2.24, 2.45) is 0 Å². The van der Waals surface area contributed by atoms with E-state index in [1.54, 1.807) is 7.11 Å². The zero-order valence-corrected chi connectivity index (χ0v) is 15.1. The molecule has 0 radical (unpaired) electrons. The summed E-state index contributed by atoms with van der Waals surface area (Å²) in [5.74, 6) is 2.50. The van der Waals surface area contributed by atoms with E-state index in [9.17, 15) is 0 Å². The molecule has 20 heavy (non-hydrogen) atoms. The van der Waals surface area contributed by atoms with Gasteiger partial charge in [0.05, 0.1) is 17.6 Å². The number of methoxy groups -OCH3 is 1. The second-order valence-electron chi connectivity index (χ2n) is 5.26. The van der Waals surface area contributed by atoms with E-state index in [0.29, 0.717) is 23.1 Å². The first kappa shape index (κ1) is 16.6. The van der Waals surface area contributed by atoms with Gasteiger partial charge in [0, 0.05) is 41.3 Å². The number of hydrogen-bond donors (Lipinski definition) is 1. The Hall–Kier alpha value is 0.250. The Balaban J connectivity index is 2.14. The van der Waals surface area contributed by atoms with Crippen molar-refractivity contribution >= 4 is 34.9 Å². The first-order chi connectivity index (χ1) is 9.61. The number of thioether (sulfide) groups is 2. The van der Waals surface area contributed by atoms with Gasteiger partial charge in [-0.25, -0.2) is 4.98 Å². The Labute approximate surface area is 134 Å². The van der Waals surface area contributed by atoms with E-state index in [2.05, 4.69) is 49.6 Å². The van der Waals surface area contributed by atoms with E-state index in [1.165, 1.54) is 21.4 Å². The summed E-state index contributed by atoms with van der Waals surface area (Å²) in [6.45, 7) is 8.18. The van der Waals surface area contributed by atoms with Crippen molar-refractivity contribution in [3.8, 4) is 0 Å². The van der Waals surface area contributed by atoms with Crippen molar-refractivity contribution in [1.82, 2.24) is 10.3 Å². The van der Waals surface area contributed by atoms with E-state index in [-0.39, 0.29) is 0 Å². The molecule has 0 saturated carbocycles. The first-order valence-electron chi connectivity index (χ1n) is 7.05. The Morgan fingerprint density at radius 3 is 2.75 bits per heavy atom. The molecule has 6 heteroatoms. The molecule has 0 bridgehead atoms. The van der Waals surface area contributed by atoms with Gasteiger partial charge in [-0.3, -0.25) is 0 Å². The summed E-state index contributed by atoms with van der Waals surface area (Å²) in [5, 5.41) is 5.97. The maximum absolute atomic E-state index is 5.31. The van der Waals surface area contributed by atoms with Gasteiger partial charge in [-0.15, -0.1) is 23.1 Å². The van der Waals surface area contributed by atoms with Crippen LogP contribution in [0.1, 0.15) is 41.6 Å². The maximum Gasteiger partial charge on any atom is 0.107 e. The monoisotopic (exact) mass is 332 g/mol. The van der Waals surface area contributed by atoms with Gasteiger partial charge in [0.15, 0.2) is 0 Å². The topological polar surface area (TPSA) is 34.1 Å². The Kier molecular flexibility index (Phi) is 6.68. The van der Waals surface area contributed by atoms with Crippen molar-refractivity contribution in [3.05, 3.63) is 15.6 Å². The van der Waals surface area contributed by atoms with E-state index < -0.39 is 0 Å². The lowest BCUT2D eigenvalue weighted by atomic mass is 10.3. The standard InChI is InChI=1S/C14H24N2OS3/c1-9(2)15-7-12-11(8-17-4)16-14(20-12)13-10(3)18-5-6-19-13/h9-10,13,15H,5-8H2,1-4H3. The Bertz CT molecular complexity index is 423. The molecule has 2 rings (SSSR count). The average Bonchev–Trinajstić information content (AvgIpc) is 2.80. The average molecular weight is 333 g/mol. The number of rotatable bonds is 6. The molecule has 114 valence electrons. The molecule has 1 aromatic rings. The van der Waals surface area contributed by atoms with Crippen LogP contribution >= 0.6 is 34.9 Å². The summed E-state index contributed by atoms with van der Waals surface area (Å²) >= 11 is 5.99. The molecule has 2 heterocycles. The van der Waals surface area contributed by atoms with Crippen molar-refractivity contribution < 1.29 is 4.74 Å². The summed E-state index contributed by atoms with van der Waals surface area (Å²) in [6.07, 6.45) is 0. The van der Waals surface area contributed by atoms with E-state index in [4.69, 9.17) is 9.72 Å². The number of hydrogen-bond acceptors (Lipinski definition) is 6. The molecule has 0 spiro atoms. The highest BCUT2D eigenvalue weighted by atomic mass is 32.2. The van der Waals surface area contributed by atoms with Crippen LogP contribution in [0.4, 0.5) is 0 Å². The molecule has 1 N–H and O–H groups in total. The van der Waals surface area contributed by atoms with Gasteiger partial charge >= 0.3 is 0 Å². The van der Waals surface area contributed by atoms with Gasteiger partial charge < -0.3 is 10.1 Å². The molecular formula is C14H24N2OS3. The summed E-state index contributed by atoms with van der Waals surface area (Å²) < 4.78 is 5.31. The third kappa shape index (κ3) is 4.37. The quantitative estimate of drug-likeness (QED) is 0.859. The van der Waals surface area contributed by atoms with Crippen LogP contribution in [-0.2, 0) is 17.9 Å². The van der Waals surface area contributed by atoms with Gasteiger partial charge in [0.1, 0.15) is 5.01 Å². The second kappa shape index (κ2) is 8.03. The molecule has 1 aliphatic rings. The SMILES string of the molecule is COCc1nc(C2SCCSC2C)sc1CNC(C)C. The van der Waals surface area contributed by atoms with Crippen LogP contribution in [-0.4, -0.2) is 34.9 Å². The zero-order chi connectivity index (χ0) is 14.5. The minimum atomic E-state index is 0.495. The molecule has 1 aliphatic heterocycles. The van der Waals surface area contributed by atoms with E-state index in [0.717, 1.165) is 12.2 Å². The van der Waals surface area contributed by atoms with E-state index in [1.807, 2.05) is 11.3 Å². The number of nitrogens with zero attached hydrogens (tertiary/aromatic N) is 1. The number of thiazole rings is 1. The second-order valence-corrected chi connectivity index (χ2v) is 9.11. The van der Waals surface area contributed by atoms with Crippen molar-refractivity contribution in [3.63, 3.8) is 0 Å². The summed E-state index contributed by atoms with van der Waals surface area (Å²) in [7, 11) is 1.74. The number of aromatic nitrogens is 1. The fourth-order valence-corrected chi connectivity index (χ4v) is 6.29. The molecule has 0 aliphatic carbocycles.